The number of carbonyl (C=O) groups excluding carboxylic acids is 1. The zero-order chi connectivity index (χ0) is 20.6. The number of benzene rings is 2. The Bertz CT molecular complexity index is 1040. The lowest BCUT2D eigenvalue weighted by Gasteiger charge is -2.14. The van der Waals surface area contributed by atoms with Crippen molar-refractivity contribution in [2.24, 2.45) is 10.7 Å². The number of hydrogen-bond acceptors (Lipinski definition) is 3. The molecule has 148 valence electrons. The van der Waals surface area contributed by atoms with Gasteiger partial charge in [-0.3, -0.25) is 9.79 Å². The first kappa shape index (κ1) is 19.3. The molecule has 5 rings (SSSR count). The number of carbonyl (C=O) groups is 1. The van der Waals surface area contributed by atoms with Crippen LogP contribution in [0.25, 0.3) is 16.7 Å². The molecule has 0 aromatic heterocycles. The van der Waals surface area contributed by atoms with Gasteiger partial charge in [-0.25, -0.2) is 4.39 Å². The van der Waals surface area contributed by atoms with E-state index in [0.29, 0.717) is 28.9 Å². The van der Waals surface area contributed by atoms with Crippen molar-refractivity contribution in [3.05, 3.63) is 72.1 Å². The summed E-state index contributed by atoms with van der Waals surface area (Å²) < 4.78 is 14.4. The molecule has 0 radical (unpaired) electrons. The number of nitrogens with one attached hydrogen (secondary N) is 1. The van der Waals surface area contributed by atoms with E-state index in [2.05, 4.69) is 23.0 Å². The molecule has 1 saturated carbocycles. The molecule has 0 saturated heterocycles. The Morgan fingerprint density at radius 1 is 1.21 bits per heavy atom. The molecule has 3 N–H and O–H groups in total. The van der Waals surface area contributed by atoms with Gasteiger partial charge in [-0.2, -0.15) is 0 Å². The molecule has 0 atom stereocenters. The lowest BCUT2D eigenvalue weighted by atomic mass is 9.93. The number of fused-ring (bicyclic) bond motifs is 1. The molecule has 0 spiro atoms. The summed E-state index contributed by atoms with van der Waals surface area (Å²) in [6.07, 6.45) is 6.31. The molecule has 29 heavy (non-hydrogen) atoms. The molecule has 0 bridgehead atoms. The van der Waals surface area contributed by atoms with E-state index in [4.69, 9.17) is 5.73 Å². The summed E-state index contributed by atoms with van der Waals surface area (Å²) >= 11 is 0. The number of allylic oxidation sites excluding steroid dienone is 1. The zero-order valence-electron chi connectivity index (χ0n) is 16.5. The Kier molecular flexibility index (Phi) is 4.92. The first-order valence-electron chi connectivity index (χ1n) is 9.76. The number of nitrogens with two attached hydrogens (primary N) is 1. The summed E-state index contributed by atoms with van der Waals surface area (Å²) in [6, 6.07) is 10.9. The van der Waals surface area contributed by atoms with Crippen molar-refractivity contribution in [3.8, 4) is 11.1 Å². The van der Waals surface area contributed by atoms with Crippen LogP contribution in [0, 0.1) is 5.82 Å². The summed E-state index contributed by atoms with van der Waals surface area (Å²) in [5, 5.41) is 2.62. The van der Waals surface area contributed by atoms with Gasteiger partial charge in [-0.15, -0.1) is 0 Å². The molecule has 2 aromatic rings. The SMILES string of the molecule is C=C1C(=O)Nc2cc(F)c(-c3ccc(C4(CN)CC4)cc3)cc21.CC1=NCC=C1. The molecule has 3 aliphatic rings. The molecule has 2 aliphatic heterocycles. The third kappa shape index (κ3) is 3.66. The van der Waals surface area contributed by atoms with Crippen molar-refractivity contribution in [1.29, 1.82) is 0 Å². The second-order valence-corrected chi connectivity index (χ2v) is 7.76. The average Bonchev–Trinajstić information content (AvgIpc) is 3.30. The van der Waals surface area contributed by atoms with Gasteiger partial charge in [-0.1, -0.05) is 36.9 Å². The van der Waals surface area contributed by atoms with Crippen molar-refractivity contribution < 1.29 is 9.18 Å². The fourth-order valence-electron chi connectivity index (χ4n) is 3.71. The number of aliphatic imine (C=N–C) groups is 1. The van der Waals surface area contributed by atoms with Crippen LogP contribution in [-0.2, 0) is 10.2 Å². The van der Waals surface area contributed by atoms with Crippen LogP contribution in [0.1, 0.15) is 30.9 Å². The maximum Gasteiger partial charge on any atom is 0.255 e. The maximum atomic E-state index is 14.4. The van der Waals surface area contributed by atoms with E-state index in [-0.39, 0.29) is 17.1 Å². The van der Waals surface area contributed by atoms with Crippen LogP contribution >= 0.6 is 0 Å². The van der Waals surface area contributed by atoms with Crippen LogP contribution in [0.4, 0.5) is 10.1 Å². The summed E-state index contributed by atoms with van der Waals surface area (Å²) in [5.41, 5.74) is 11.1. The number of rotatable bonds is 3. The van der Waals surface area contributed by atoms with Crippen LogP contribution in [-0.4, -0.2) is 24.7 Å². The topological polar surface area (TPSA) is 67.5 Å². The third-order valence-corrected chi connectivity index (χ3v) is 5.81. The van der Waals surface area contributed by atoms with Gasteiger partial charge in [0.25, 0.3) is 5.91 Å². The van der Waals surface area contributed by atoms with Gasteiger partial charge >= 0.3 is 0 Å². The van der Waals surface area contributed by atoms with Gasteiger partial charge in [0.2, 0.25) is 0 Å². The Morgan fingerprint density at radius 3 is 2.45 bits per heavy atom. The maximum absolute atomic E-state index is 14.4. The molecule has 2 heterocycles. The fourth-order valence-corrected chi connectivity index (χ4v) is 3.71. The van der Waals surface area contributed by atoms with E-state index >= 15 is 0 Å². The van der Waals surface area contributed by atoms with Gasteiger partial charge in [0, 0.05) is 34.4 Å². The predicted octanol–water partition coefficient (Wildman–Crippen LogP) is 4.47. The molecule has 1 fully saturated rings. The number of anilines is 1. The zero-order valence-corrected chi connectivity index (χ0v) is 16.5. The lowest BCUT2D eigenvalue weighted by molar-refractivity contribution is -0.110. The van der Waals surface area contributed by atoms with Crippen molar-refractivity contribution in [3.63, 3.8) is 0 Å². The lowest BCUT2D eigenvalue weighted by Crippen LogP contribution is -2.19. The molecule has 1 aliphatic carbocycles. The van der Waals surface area contributed by atoms with Crippen LogP contribution in [0.5, 0.6) is 0 Å². The number of amides is 1. The molecular formula is C24H24FN3O. The van der Waals surface area contributed by atoms with E-state index in [1.165, 1.54) is 11.6 Å². The summed E-state index contributed by atoms with van der Waals surface area (Å²) in [4.78, 5) is 15.7. The highest BCUT2D eigenvalue weighted by Crippen LogP contribution is 2.47. The molecule has 4 nitrogen and oxygen atoms in total. The van der Waals surface area contributed by atoms with Crippen LogP contribution < -0.4 is 11.1 Å². The molecule has 1 amide bonds. The largest absolute Gasteiger partial charge is 0.330 e. The highest BCUT2D eigenvalue weighted by Gasteiger charge is 2.42. The van der Waals surface area contributed by atoms with Gasteiger partial charge in [-0.05, 0) is 49.1 Å². The Morgan fingerprint density at radius 2 is 1.93 bits per heavy atom. The first-order chi connectivity index (χ1) is 13.9. The van der Waals surface area contributed by atoms with Crippen molar-refractivity contribution in [2.45, 2.75) is 25.2 Å². The highest BCUT2D eigenvalue weighted by molar-refractivity contribution is 6.31. The van der Waals surface area contributed by atoms with Crippen LogP contribution in [0.15, 0.2) is 60.1 Å². The normalized spacial score (nSPS) is 18.0. The second-order valence-electron chi connectivity index (χ2n) is 7.76. The minimum absolute atomic E-state index is 0.125. The monoisotopic (exact) mass is 389 g/mol. The first-order valence-corrected chi connectivity index (χ1v) is 9.76. The summed E-state index contributed by atoms with van der Waals surface area (Å²) in [5.74, 6) is -0.628. The average molecular weight is 389 g/mol. The molecule has 2 aromatic carbocycles. The second kappa shape index (κ2) is 7.41. The fraction of sp³-hybridized carbons (Fsp3) is 0.250. The van der Waals surface area contributed by atoms with Gasteiger partial charge in [0.1, 0.15) is 5.82 Å². The predicted molar refractivity (Wildman–Crippen MR) is 117 cm³/mol. The van der Waals surface area contributed by atoms with E-state index in [1.54, 1.807) is 6.07 Å². The quantitative estimate of drug-likeness (QED) is 0.761. The highest BCUT2D eigenvalue weighted by atomic mass is 19.1. The molecular weight excluding hydrogens is 365 g/mol. The van der Waals surface area contributed by atoms with E-state index in [9.17, 15) is 9.18 Å². The Hall–Kier alpha value is -3.05. The number of halogens is 1. The van der Waals surface area contributed by atoms with E-state index in [1.807, 2.05) is 37.3 Å². The van der Waals surface area contributed by atoms with Crippen LogP contribution in [0.3, 0.4) is 0 Å². The van der Waals surface area contributed by atoms with Gasteiger partial charge < -0.3 is 11.1 Å². The van der Waals surface area contributed by atoms with Gasteiger partial charge in [0.15, 0.2) is 0 Å². The van der Waals surface area contributed by atoms with Crippen molar-refractivity contribution in [1.82, 2.24) is 0 Å². The van der Waals surface area contributed by atoms with Crippen LogP contribution in [0.2, 0.25) is 0 Å². The summed E-state index contributed by atoms with van der Waals surface area (Å²) in [7, 11) is 0. The Balaban J connectivity index is 0.000000294. The number of nitrogens with zero attached hydrogens (tertiary/aromatic N) is 1. The summed E-state index contributed by atoms with van der Waals surface area (Å²) in [6.45, 7) is 7.30. The minimum atomic E-state index is -0.355. The third-order valence-electron chi connectivity index (χ3n) is 5.81. The van der Waals surface area contributed by atoms with E-state index in [0.717, 1.165) is 30.7 Å². The molecule has 0 unspecified atom stereocenters. The van der Waals surface area contributed by atoms with Gasteiger partial charge in [0.05, 0.1) is 12.2 Å². The van der Waals surface area contributed by atoms with Crippen molar-refractivity contribution >= 4 is 22.9 Å². The standard InChI is InChI=1S/C19H17FN2O.C5H7N/c1-11-14-8-15(16(20)9-17(14)22-18(11)23)12-2-4-13(5-3-12)19(10-21)6-7-19;1-5-3-2-4-6-5/h2-5,8-9H,1,6-7,10,21H2,(H,22,23);2-3H,4H2,1H3. The molecule has 5 heteroatoms. The van der Waals surface area contributed by atoms with Crippen molar-refractivity contribution in [2.75, 3.05) is 18.4 Å². The number of hydrogen-bond donors (Lipinski definition) is 2. The smallest absolute Gasteiger partial charge is 0.255 e. The Labute approximate surface area is 170 Å². The minimum Gasteiger partial charge on any atom is -0.330 e. The van der Waals surface area contributed by atoms with E-state index < -0.39 is 0 Å².